The maximum atomic E-state index is 5.44. The molecule has 4 rings (SSSR count). The Morgan fingerprint density at radius 2 is 2.03 bits per heavy atom. The zero-order valence-electron chi connectivity index (χ0n) is 17.7. The number of guanidine groups is 1. The average molecular weight is 431 g/mol. The molecule has 2 N–H and O–H groups in total. The van der Waals surface area contributed by atoms with E-state index in [2.05, 4.69) is 36.6 Å². The monoisotopic (exact) mass is 430 g/mol. The first-order valence-corrected chi connectivity index (χ1v) is 11.8. The van der Waals surface area contributed by atoms with Crippen molar-refractivity contribution in [1.82, 2.24) is 25.4 Å². The number of fused-ring (bicyclic) bond motifs is 1. The Bertz CT molecular complexity index is 878. The Morgan fingerprint density at radius 3 is 2.83 bits per heavy atom. The van der Waals surface area contributed by atoms with Gasteiger partial charge in [-0.05, 0) is 43.2 Å². The molecular formula is C21H30N6O2S. The molecule has 0 amide bonds. The van der Waals surface area contributed by atoms with Crippen LogP contribution < -0.4 is 20.1 Å². The molecule has 0 radical (unpaired) electrons. The lowest BCUT2D eigenvalue weighted by Crippen LogP contribution is -2.37. The minimum absolute atomic E-state index is 0.294. The van der Waals surface area contributed by atoms with Gasteiger partial charge in [-0.1, -0.05) is 30.7 Å². The van der Waals surface area contributed by atoms with Gasteiger partial charge in [-0.15, -0.1) is 10.2 Å². The van der Waals surface area contributed by atoms with Gasteiger partial charge in [-0.3, -0.25) is 4.99 Å². The lowest BCUT2D eigenvalue weighted by atomic mass is 10.2. The van der Waals surface area contributed by atoms with Gasteiger partial charge in [0, 0.05) is 32.6 Å². The third kappa shape index (κ3) is 4.83. The summed E-state index contributed by atoms with van der Waals surface area (Å²) in [5.74, 6) is 3.50. The van der Waals surface area contributed by atoms with Crippen molar-refractivity contribution in [3.63, 3.8) is 0 Å². The van der Waals surface area contributed by atoms with Gasteiger partial charge in [-0.25, -0.2) is 0 Å². The number of ether oxygens (including phenoxy) is 2. The van der Waals surface area contributed by atoms with E-state index in [1.54, 1.807) is 18.8 Å². The number of rotatable bonds is 8. The van der Waals surface area contributed by atoms with Crippen LogP contribution in [0.3, 0.4) is 0 Å². The van der Waals surface area contributed by atoms with Crippen molar-refractivity contribution < 1.29 is 9.47 Å². The second-order valence-electron chi connectivity index (χ2n) is 7.55. The Morgan fingerprint density at radius 1 is 1.20 bits per heavy atom. The van der Waals surface area contributed by atoms with Gasteiger partial charge in [0.25, 0.3) is 0 Å². The Kier molecular flexibility index (Phi) is 6.99. The molecule has 1 aromatic heterocycles. The van der Waals surface area contributed by atoms with Crippen LogP contribution in [0.4, 0.5) is 0 Å². The number of benzene rings is 1. The van der Waals surface area contributed by atoms with E-state index in [0.717, 1.165) is 53.4 Å². The van der Waals surface area contributed by atoms with Crippen molar-refractivity contribution in [2.45, 2.75) is 56.3 Å². The molecule has 2 heterocycles. The third-order valence-corrected chi connectivity index (χ3v) is 6.24. The second-order valence-corrected chi connectivity index (χ2v) is 8.33. The van der Waals surface area contributed by atoms with Crippen molar-refractivity contribution >= 4 is 17.7 Å². The molecular weight excluding hydrogens is 400 g/mol. The van der Waals surface area contributed by atoms with Crippen LogP contribution in [0.15, 0.2) is 28.3 Å². The first-order valence-electron chi connectivity index (χ1n) is 10.6. The number of aryl methyl sites for hydroxylation is 1. The van der Waals surface area contributed by atoms with E-state index in [9.17, 15) is 0 Å². The predicted molar refractivity (Wildman–Crippen MR) is 118 cm³/mol. The third-order valence-electron chi connectivity index (χ3n) is 5.60. The molecule has 2 aliphatic rings. The highest BCUT2D eigenvalue weighted by Gasteiger charge is 2.23. The summed E-state index contributed by atoms with van der Waals surface area (Å²) in [6.45, 7) is 1.79. The first-order chi connectivity index (χ1) is 14.8. The van der Waals surface area contributed by atoms with Crippen LogP contribution >= 0.6 is 11.8 Å². The zero-order valence-corrected chi connectivity index (χ0v) is 18.5. The fourth-order valence-electron chi connectivity index (χ4n) is 4.06. The van der Waals surface area contributed by atoms with E-state index >= 15 is 0 Å². The molecule has 9 heteroatoms. The fourth-order valence-corrected chi connectivity index (χ4v) is 4.63. The summed E-state index contributed by atoms with van der Waals surface area (Å²) < 4.78 is 13.2. The van der Waals surface area contributed by atoms with E-state index < -0.39 is 0 Å². The maximum absolute atomic E-state index is 5.44. The van der Waals surface area contributed by atoms with Crippen molar-refractivity contribution in [2.24, 2.45) is 4.99 Å². The minimum Gasteiger partial charge on any atom is -0.454 e. The van der Waals surface area contributed by atoms with Crippen LogP contribution in [0.2, 0.25) is 0 Å². The quantitative estimate of drug-likeness (QED) is 0.288. The van der Waals surface area contributed by atoms with Crippen LogP contribution in [0, 0.1) is 0 Å². The van der Waals surface area contributed by atoms with Crippen LogP contribution in [0.25, 0.3) is 0 Å². The lowest BCUT2D eigenvalue weighted by molar-refractivity contribution is 0.174. The zero-order chi connectivity index (χ0) is 20.8. The molecule has 30 heavy (non-hydrogen) atoms. The van der Waals surface area contributed by atoms with Crippen molar-refractivity contribution in [3.05, 3.63) is 29.6 Å². The highest BCUT2D eigenvalue weighted by atomic mass is 32.2. The highest BCUT2D eigenvalue weighted by Crippen LogP contribution is 2.34. The number of aromatic nitrogens is 3. The van der Waals surface area contributed by atoms with Gasteiger partial charge in [0.2, 0.25) is 6.79 Å². The molecule has 0 bridgehead atoms. The lowest BCUT2D eigenvalue weighted by Gasteiger charge is -2.16. The summed E-state index contributed by atoms with van der Waals surface area (Å²) in [6.07, 6.45) is 9.07. The predicted octanol–water partition coefficient (Wildman–Crippen LogP) is 3.14. The Labute approximate surface area is 181 Å². The van der Waals surface area contributed by atoms with Gasteiger partial charge < -0.3 is 24.7 Å². The molecule has 1 aliphatic heterocycles. The van der Waals surface area contributed by atoms with Gasteiger partial charge in [0.15, 0.2) is 22.6 Å². The molecule has 0 spiro atoms. The number of hydrogen-bond acceptors (Lipinski definition) is 6. The molecule has 162 valence electrons. The van der Waals surface area contributed by atoms with Gasteiger partial charge in [0.05, 0.1) is 0 Å². The molecule has 8 nitrogen and oxygen atoms in total. The average Bonchev–Trinajstić information content (AvgIpc) is 3.52. The second kappa shape index (κ2) is 10.1. The maximum Gasteiger partial charge on any atom is 0.231 e. The largest absolute Gasteiger partial charge is 0.454 e. The number of aliphatic imine (C=N–C) groups is 1. The summed E-state index contributed by atoms with van der Waals surface area (Å²) in [5.41, 5.74) is 1.12. The minimum atomic E-state index is 0.294. The van der Waals surface area contributed by atoms with Crippen molar-refractivity contribution in [2.75, 3.05) is 26.6 Å². The van der Waals surface area contributed by atoms with E-state index in [1.165, 1.54) is 25.7 Å². The van der Waals surface area contributed by atoms with Crippen LogP contribution in [-0.4, -0.2) is 47.4 Å². The first kappa shape index (κ1) is 20.8. The summed E-state index contributed by atoms with van der Waals surface area (Å²) in [4.78, 5) is 4.32. The van der Waals surface area contributed by atoms with Crippen LogP contribution in [0.1, 0.15) is 49.5 Å². The van der Waals surface area contributed by atoms with Gasteiger partial charge in [-0.2, -0.15) is 0 Å². The molecule has 1 fully saturated rings. The van der Waals surface area contributed by atoms with Crippen molar-refractivity contribution in [3.8, 4) is 11.5 Å². The standard InChI is InChI=1S/C21H30N6O2S/c1-22-20(24-13-15-9-10-17-18(12-15)29-14-28-17)23-11-5-8-19-25-26-21(30-2)27(19)16-6-3-4-7-16/h9-10,12,16H,3-8,11,13-14H2,1-2H3,(H2,22,23,24). The van der Waals surface area contributed by atoms with Gasteiger partial charge in [0.1, 0.15) is 5.82 Å². The number of nitrogens with zero attached hydrogens (tertiary/aromatic N) is 4. The fraction of sp³-hybridized carbons (Fsp3) is 0.571. The summed E-state index contributed by atoms with van der Waals surface area (Å²) in [6, 6.07) is 6.55. The normalized spacial score (nSPS) is 16.3. The highest BCUT2D eigenvalue weighted by molar-refractivity contribution is 7.98. The molecule has 1 saturated carbocycles. The van der Waals surface area contributed by atoms with Crippen LogP contribution in [0.5, 0.6) is 11.5 Å². The summed E-state index contributed by atoms with van der Waals surface area (Å²) in [5, 5.41) is 16.7. The van der Waals surface area contributed by atoms with Crippen LogP contribution in [-0.2, 0) is 13.0 Å². The molecule has 0 atom stereocenters. The molecule has 2 aromatic rings. The molecule has 0 saturated heterocycles. The topological polar surface area (TPSA) is 85.6 Å². The van der Waals surface area contributed by atoms with E-state index in [1.807, 2.05) is 18.2 Å². The summed E-state index contributed by atoms with van der Waals surface area (Å²) in [7, 11) is 1.79. The van der Waals surface area contributed by atoms with E-state index in [4.69, 9.17) is 9.47 Å². The molecule has 1 aromatic carbocycles. The number of nitrogens with one attached hydrogen (secondary N) is 2. The molecule has 1 aliphatic carbocycles. The number of thioether (sulfide) groups is 1. The van der Waals surface area contributed by atoms with Gasteiger partial charge >= 0.3 is 0 Å². The smallest absolute Gasteiger partial charge is 0.231 e. The van der Waals surface area contributed by atoms with E-state index in [-0.39, 0.29) is 0 Å². The summed E-state index contributed by atoms with van der Waals surface area (Å²) >= 11 is 1.69. The van der Waals surface area contributed by atoms with Crippen molar-refractivity contribution in [1.29, 1.82) is 0 Å². The molecule has 0 unspecified atom stereocenters. The van der Waals surface area contributed by atoms with E-state index in [0.29, 0.717) is 19.4 Å². The Balaban J connectivity index is 1.24. The Hall–Kier alpha value is -2.42. The SMILES string of the molecule is CN=C(NCCCc1nnc(SC)n1C1CCCC1)NCc1ccc2c(c1)OCO2. The number of hydrogen-bond donors (Lipinski definition) is 2.